The van der Waals surface area contributed by atoms with E-state index in [1.54, 1.807) is 0 Å². The Morgan fingerprint density at radius 2 is 0.955 bits per heavy atom. The molecule has 326 valence electrons. The third-order valence-electron chi connectivity index (χ3n) is 14.0. The van der Waals surface area contributed by atoms with Crippen LogP contribution in [0.4, 0.5) is 0 Å². The van der Waals surface area contributed by atoms with Crippen LogP contribution in [0.1, 0.15) is 50.4 Å². The second kappa shape index (κ2) is 17.0. The number of fused-ring (bicyclic) bond motifs is 8. The van der Waals surface area contributed by atoms with Gasteiger partial charge in [-0.15, -0.1) is 0 Å². The molecule has 0 radical (unpaired) electrons. The van der Waals surface area contributed by atoms with Crippen LogP contribution in [-0.4, -0.2) is 24.3 Å². The Morgan fingerprint density at radius 1 is 0.478 bits per heavy atom. The summed E-state index contributed by atoms with van der Waals surface area (Å²) in [4.78, 5) is 7.94. The zero-order chi connectivity index (χ0) is 45.5. The highest BCUT2D eigenvalue weighted by molar-refractivity contribution is 8.13. The van der Waals surface area contributed by atoms with Crippen molar-refractivity contribution in [3.63, 3.8) is 0 Å². The molecule has 2 aliphatic rings. The average Bonchev–Trinajstić information content (AvgIpc) is 3.59. The quantitative estimate of drug-likeness (QED) is 0.120. The minimum Gasteiger partial charge on any atom is -0.165 e. The first-order chi connectivity index (χ1) is 32.7. The lowest BCUT2D eigenvalue weighted by atomic mass is 9.79. The number of hydrogen-bond donors (Lipinski definition) is 0. The van der Waals surface area contributed by atoms with Gasteiger partial charge in [-0.25, -0.2) is 0 Å². The topological polar surface area (TPSA) is 0 Å². The van der Waals surface area contributed by atoms with Gasteiger partial charge in [0.25, 0.3) is 0 Å². The van der Waals surface area contributed by atoms with E-state index in [-0.39, 0.29) is 21.0 Å². The van der Waals surface area contributed by atoms with Gasteiger partial charge in [0.05, 0.1) is 0 Å². The van der Waals surface area contributed by atoms with Gasteiger partial charge in [0.15, 0.2) is 0 Å². The van der Waals surface area contributed by atoms with Crippen LogP contribution in [0.3, 0.4) is 0 Å². The maximum atomic E-state index is 4.45. The lowest BCUT2D eigenvalue weighted by Crippen LogP contribution is -2.08. The standard InChI is InChI=1S/C63H50S4/c1-38-23-25-40-33-42(45-29-27-43(66(3)4)36-59(45)64-57(40)31-38)35-55-46-15-7-9-17-49(46)62(50-18-10-8-16-47(50)55)63-53-21-13-11-19-51(53)61(52-20-12-14-22-54(52)63)56-34-41-26-24-39(2)32-58(41)65-60-37-44(67(5)6)28-30-48(56)60/h7-32,34,36-37,42H,3,5,33,35H2,1-2,4,6H3. The van der Waals surface area contributed by atoms with Crippen molar-refractivity contribution in [2.45, 2.75) is 62.0 Å². The molecule has 0 bridgehead atoms. The molecule has 0 nitrogen and oxygen atoms in total. The Bertz CT molecular complexity index is 3680. The molecule has 2 heterocycles. The monoisotopic (exact) mass is 934 g/mol. The van der Waals surface area contributed by atoms with Gasteiger partial charge in [-0.3, -0.25) is 0 Å². The first kappa shape index (κ1) is 42.5. The summed E-state index contributed by atoms with van der Waals surface area (Å²) in [5.74, 6) is 9.19. The summed E-state index contributed by atoms with van der Waals surface area (Å²) in [7, 11) is -0.173. The van der Waals surface area contributed by atoms with Gasteiger partial charge in [0.2, 0.25) is 0 Å². The van der Waals surface area contributed by atoms with E-state index in [9.17, 15) is 0 Å². The van der Waals surface area contributed by atoms with Crippen molar-refractivity contribution in [1.82, 2.24) is 0 Å². The molecule has 0 aromatic heterocycles. The van der Waals surface area contributed by atoms with Gasteiger partial charge in [-0.1, -0.05) is 169 Å². The minimum atomic E-state index is -0.106. The molecule has 0 aliphatic carbocycles. The zero-order valence-electron chi connectivity index (χ0n) is 38.3. The Kier molecular flexibility index (Phi) is 10.8. The molecule has 0 amide bonds. The summed E-state index contributed by atoms with van der Waals surface area (Å²) in [6, 6.07) is 65.2. The van der Waals surface area contributed by atoms with Crippen LogP contribution in [0.2, 0.25) is 0 Å². The van der Waals surface area contributed by atoms with E-state index in [4.69, 9.17) is 0 Å². The average molecular weight is 935 g/mol. The Hall–Kier alpha value is -5.88. The van der Waals surface area contributed by atoms with E-state index in [1.807, 2.05) is 23.5 Å². The Balaban J connectivity index is 1.11. The molecule has 67 heavy (non-hydrogen) atoms. The third kappa shape index (κ3) is 7.36. The first-order valence-electron chi connectivity index (χ1n) is 23.0. The predicted molar refractivity (Wildman–Crippen MR) is 300 cm³/mol. The van der Waals surface area contributed by atoms with Gasteiger partial charge in [-0.2, -0.15) is 21.0 Å². The molecule has 0 saturated heterocycles. The smallest absolute Gasteiger partial charge is 0.0212 e. The predicted octanol–water partition coefficient (Wildman–Crippen LogP) is 18.0. The number of aryl methyl sites for hydroxylation is 2. The van der Waals surface area contributed by atoms with Crippen LogP contribution in [0.5, 0.6) is 0 Å². The number of rotatable bonds is 6. The highest BCUT2D eigenvalue weighted by atomic mass is 32.2. The van der Waals surface area contributed by atoms with Gasteiger partial charge in [0, 0.05) is 29.4 Å². The highest BCUT2D eigenvalue weighted by Gasteiger charge is 2.29. The van der Waals surface area contributed by atoms with Gasteiger partial charge in [0.1, 0.15) is 0 Å². The molecule has 3 atom stereocenters. The lowest BCUT2D eigenvalue weighted by Gasteiger charge is -2.25. The Morgan fingerprint density at radius 3 is 1.54 bits per heavy atom. The Labute approximate surface area is 408 Å². The third-order valence-corrected chi connectivity index (χ3v) is 18.4. The largest absolute Gasteiger partial charge is 0.165 e. The fourth-order valence-corrected chi connectivity index (χ4v) is 14.7. The maximum absolute atomic E-state index is 4.45. The molecule has 0 fully saturated rings. The van der Waals surface area contributed by atoms with Crippen molar-refractivity contribution >= 4 is 111 Å². The van der Waals surface area contributed by atoms with Crippen LogP contribution >= 0.6 is 44.5 Å². The summed E-state index contributed by atoms with van der Waals surface area (Å²) in [5, 5.41) is 10.3. The normalized spacial score (nSPS) is 15.3. The molecule has 12 rings (SSSR count). The van der Waals surface area contributed by atoms with Crippen molar-refractivity contribution in [1.29, 1.82) is 0 Å². The fraction of sp³-hybridized carbons (Fsp3) is 0.111. The lowest BCUT2D eigenvalue weighted by molar-refractivity contribution is 0.670. The van der Waals surface area contributed by atoms with E-state index in [0.29, 0.717) is 5.92 Å². The molecule has 2 aliphatic heterocycles. The molecular formula is C63H50S4. The molecule has 4 heteroatoms. The van der Waals surface area contributed by atoms with Gasteiger partial charge < -0.3 is 0 Å². The highest BCUT2D eigenvalue weighted by Crippen LogP contribution is 2.53. The van der Waals surface area contributed by atoms with E-state index >= 15 is 0 Å². The number of hydrogen-bond acceptors (Lipinski definition) is 2. The van der Waals surface area contributed by atoms with Gasteiger partial charge >= 0.3 is 0 Å². The fourth-order valence-electron chi connectivity index (χ4n) is 10.8. The SMILES string of the molecule is C=S(C)c1ccc2c(c1)Sc1cc(C)ccc1C=C2c1c2ccccc2c(-c2c3ccccc3c(CC3Cc4ccc(C)cc4Sc4cc(S(=C)C)ccc43)c3ccccc23)c2ccccc12. The van der Waals surface area contributed by atoms with Gasteiger partial charge in [-0.05, 0) is 192 Å². The molecule has 0 saturated carbocycles. The second-order valence-corrected chi connectivity index (χ2v) is 24.1. The van der Waals surface area contributed by atoms with Crippen LogP contribution in [0.25, 0.3) is 65.9 Å². The van der Waals surface area contributed by atoms with Crippen molar-refractivity contribution in [2.24, 2.45) is 0 Å². The van der Waals surface area contributed by atoms with E-state index in [0.717, 1.165) is 12.8 Å². The summed E-state index contributed by atoms with van der Waals surface area (Å²) >= 11 is 3.84. The van der Waals surface area contributed by atoms with Crippen molar-refractivity contribution in [3.8, 4) is 11.1 Å². The summed E-state index contributed by atoms with van der Waals surface area (Å²) < 4.78 is 0. The molecular weight excluding hydrogens is 885 g/mol. The van der Waals surface area contributed by atoms with Crippen LogP contribution in [0, 0.1) is 13.8 Å². The van der Waals surface area contributed by atoms with Crippen LogP contribution in [-0.2, 0) is 12.8 Å². The van der Waals surface area contributed by atoms with Crippen molar-refractivity contribution in [2.75, 3.05) is 12.5 Å². The summed E-state index contributed by atoms with van der Waals surface area (Å²) in [6.07, 6.45) is 8.84. The molecule has 0 N–H and O–H groups in total. The first-order valence-corrected chi connectivity index (χ1v) is 28.3. The number of benzene rings is 10. The zero-order valence-corrected chi connectivity index (χ0v) is 41.5. The van der Waals surface area contributed by atoms with Crippen LogP contribution < -0.4 is 0 Å². The van der Waals surface area contributed by atoms with E-state index in [2.05, 4.69) is 214 Å². The molecule has 0 spiro atoms. The second-order valence-electron chi connectivity index (χ2n) is 18.4. The minimum absolute atomic E-state index is 0.0679. The molecule has 10 aromatic carbocycles. The maximum Gasteiger partial charge on any atom is 0.0212 e. The van der Waals surface area contributed by atoms with Crippen LogP contribution in [0.15, 0.2) is 199 Å². The molecule has 3 unspecified atom stereocenters. The van der Waals surface area contributed by atoms with E-state index < -0.39 is 0 Å². The molecule has 10 aromatic rings. The van der Waals surface area contributed by atoms with Crippen molar-refractivity contribution in [3.05, 3.63) is 214 Å². The summed E-state index contributed by atoms with van der Waals surface area (Å²) in [5.41, 5.74) is 14.6. The summed E-state index contributed by atoms with van der Waals surface area (Å²) in [6.45, 7) is 4.41. The van der Waals surface area contributed by atoms with E-state index in [1.165, 1.54) is 134 Å². The van der Waals surface area contributed by atoms with Crippen molar-refractivity contribution < 1.29 is 0 Å².